The van der Waals surface area contributed by atoms with E-state index in [0.717, 1.165) is 11.4 Å². The first-order valence-electron chi connectivity index (χ1n) is 6.45. The van der Waals surface area contributed by atoms with Gasteiger partial charge in [0.05, 0.1) is 17.2 Å². The van der Waals surface area contributed by atoms with Crippen molar-refractivity contribution in [2.75, 3.05) is 11.4 Å². The van der Waals surface area contributed by atoms with Crippen molar-refractivity contribution in [2.24, 2.45) is 0 Å². The van der Waals surface area contributed by atoms with Gasteiger partial charge < -0.3 is 10.0 Å². The van der Waals surface area contributed by atoms with Crippen molar-refractivity contribution in [3.8, 4) is 0 Å². The lowest BCUT2D eigenvalue weighted by Crippen LogP contribution is -2.25. The molecule has 2 heterocycles. The number of benzene rings is 1. The third kappa shape index (κ3) is 2.62. The minimum Gasteiger partial charge on any atom is -0.391 e. The van der Waals surface area contributed by atoms with Crippen LogP contribution in [0, 0.1) is 5.82 Å². The first-order valence-corrected chi connectivity index (χ1v) is 6.83. The number of hydrogen-bond acceptors (Lipinski definition) is 3. The van der Waals surface area contributed by atoms with E-state index in [9.17, 15) is 9.50 Å². The van der Waals surface area contributed by atoms with Gasteiger partial charge in [0.15, 0.2) is 0 Å². The normalized spacial score (nSPS) is 22.2. The number of β-amino-alcohol motifs (C(OH)–C–C–N with tert-alkyl or cyclic N) is 1. The number of rotatable bonds is 2. The average Bonchev–Trinajstić information content (AvgIpc) is 2.82. The molecule has 0 amide bonds. The number of aliphatic hydroxyl groups is 1. The largest absolute Gasteiger partial charge is 0.391 e. The second-order valence-electron chi connectivity index (χ2n) is 4.95. The molecule has 2 atom stereocenters. The van der Waals surface area contributed by atoms with E-state index in [4.69, 9.17) is 11.6 Å². The lowest BCUT2D eigenvalue weighted by Gasteiger charge is -2.25. The molecule has 0 bridgehead atoms. The molecule has 20 heavy (non-hydrogen) atoms. The van der Waals surface area contributed by atoms with Crippen LogP contribution in [-0.2, 0) is 0 Å². The molecule has 1 aromatic heterocycles. The summed E-state index contributed by atoms with van der Waals surface area (Å²) in [6, 6.07) is 9.97. The molecule has 2 aromatic rings. The zero-order valence-electron chi connectivity index (χ0n) is 10.7. The Morgan fingerprint density at radius 3 is 2.85 bits per heavy atom. The van der Waals surface area contributed by atoms with Crippen LogP contribution >= 0.6 is 11.6 Å². The lowest BCUT2D eigenvalue weighted by atomic mass is 10.0. The summed E-state index contributed by atoms with van der Waals surface area (Å²) < 4.78 is 13.4. The highest BCUT2D eigenvalue weighted by molar-refractivity contribution is 6.30. The van der Waals surface area contributed by atoms with Gasteiger partial charge in [-0.25, -0.2) is 9.37 Å². The van der Waals surface area contributed by atoms with Crippen molar-refractivity contribution in [1.29, 1.82) is 0 Å². The van der Waals surface area contributed by atoms with Crippen molar-refractivity contribution in [3.63, 3.8) is 0 Å². The number of halogens is 2. The Morgan fingerprint density at radius 2 is 2.15 bits per heavy atom. The minimum atomic E-state index is -0.444. The smallest absolute Gasteiger partial charge is 0.129 e. The van der Waals surface area contributed by atoms with Crippen molar-refractivity contribution < 1.29 is 9.50 Å². The number of hydrogen-bond donors (Lipinski definition) is 1. The summed E-state index contributed by atoms with van der Waals surface area (Å²) in [5, 5.41) is 10.5. The molecule has 3 nitrogen and oxygen atoms in total. The molecule has 0 radical (unpaired) electrons. The Kier molecular flexibility index (Phi) is 3.59. The first-order chi connectivity index (χ1) is 9.63. The predicted molar refractivity (Wildman–Crippen MR) is 76.4 cm³/mol. The summed E-state index contributed by atoms with van der Waals surface area (Å²) in [7, 11) is 0. The Morgan fingerprint density at radius 1 is 1.30 bits per heavy atom. The maximum Gasteiger partial charge on any atom is 0.129 e. The zero-order valence-corrected chi connectivity index (χ0v) is 11.5. The minimum absolute atomic E-state index is 0.0747. The second kappa shape index (κ2) is 5.38. The Bertz CT molecular complexity index is 605. The molecule has 1 aliphatic heterocycles. The third-order valence-electron chi connectivity index (χ3n) is 3.52. The van der Waals surface area contributed by atoms with Gasteiger partial charge >= 0.3 is 0 Å². The molecular formula is C15H14ClFN2O. The number of pyridine rings is 1. The van der Waals surface area contributed by atoms with Gasteiger partial charge in [0.25, 0.3) is 0 Å². The van der Waals surface area contributed by atoms with Crippen molar-refractivity contribution in [2.45, 2.75) is 18.6 Å². The van der Waals surface area contributed by atoms with Gasteiger partial charge in [-0.1, -0.05) is 23.7 Å². The standard InChI is InChI=1S/C15H14ClFN2O/c16-11-4-5-15(18-8-11)19-9-13(20)7-14(19)10-2-1-3-12(17)6-10/h1-6,8,13-14,20H,7,9H2/t13-,14-/m1/s1. The van der Waals surface area contributed by atoms with E-state index in [1.54, 1.807) is 18.3 Å². The van der Waals surface area contributed by atoms with Gasteiger partial charge in [-0.15, -0.1) is 0 Å². The molecule has 104 valence electrons. The summed E-state index contributed by atoms with van der Waals surface area (Å²) in [5.41, 5.74) is 0.846. The molecule has 0 aliphatic carbocycles. The molecule has 5 heteroatoms. The molecule has 1 N–H and O–H groups in total. The number of aromatic nitrogens is 1. The van der Waals surface area contributed by atoms with Crippen molar-refractivity contribution in [1.82, 2.24) is 4.98 Å². The fourth-order valence-electron chi connectivity index (χ4n) is 2.63. The van der Waals surface area contributed by atoms with Crippen LogP contribution in [0.4, 0.5) is 10.2 Å². The molecular weight excluding hydrogens is 279 g/mol. The topological polar surface area (TPSA) is 36.4 Å². The average molecular weight is 293 g/mol. The maximum absolute atomic E-state index is 13.4. The van der Waals surface area contributed by atoms with Crippen LogP contribution < -0.4 is 4.90 Å². The molecule has 1 aromatic carbocycles. The van der Waals surface area contributed by atoms with Gasteiger partial charge in [-0.3, -0.25) is 0 Å². The van der Waals surface area contributed by atoms with Crippen LogP contribution in [-0.4, -0.2) is 22.7 Å². The monoisotopic (exact) mass is 292 g/mol. The molecule has 3 rings (SSSR count). The van der Waals surface area contributed by atoms with Gasteiger partial charge in [0.1, 0.15) is 11.6 Å². The van der Waals surface area contributed by atoms with E-state index < -0.39 is 6.10 Å². The summed E-state index contributed by atoms with van der Waals surface area (Å²) in [6.07, 6.45) is 1.69. The molecule has 0 saturated carbocycles. The molecule has 1 saturated heterocycles. The molecule has 1 aliphatic rings. The van der Waals surface area contributed by atoms with E-state index in [0.29, 0.717) is 18.0 Å². The summed E-state index contributed by atoms with van der Waals surface area (Å²) >= 11 is 5.84. The number of anilines is 1. The van der Waals surface area contributed by atoms with E-state index in [2.05, 4.69) is 4.98 Å². The Labute approximate surface area is 121 Å². The lowest BCUT2D eigenvalue weighted by molar-refractivity contribution is 0.194. The van der Waals surface area contributed by atoms with Gasteiger partial charge in [0, 0.05) is 12.7 Å². The molecule has 0 unspecified atom stereocenters. The number of aliphatic hydroxyl groups excluding tert-OH is 1. The Balaban J connectivity index is 1.94. The fourth-order valence-corrected chi connectivity index (χ4v) is 2.75. The first kappa shape index (κ1) is 13.3. The molecule has 1 fully saturated rings. The molecule has 0 spiro atoms. The van der Waals surface area contributed by atoms with Gasteiger partial charge in [-0.2, -0.15) is 0 Å². The Hall–Kier alpha value is -1.65. The fraction of sp³-hybridized carbons (Fsp3) is 0.267. The van der Waals surface area contributed by atoms with Crippen LogP contribution in [0.1, 0.15) is 18.0 Å². The SMILES string of the molecule is O[C@@H]1C[C@H](c2cccc(F)c2)N(c2ccc(Cl)cn2)C1. The van der Waals surface area contributed by atoms with Gasteiger partial charge in [-0.05, 0) is 36.2 Å². The zero-order chi connectivity index (χ0) is 14.1. The highest BCUT2D eigenvalue weighted by atomic mass is 35.5. The van der Waals surface area contributed by atoms with Crippen LogP contribution in [0.2, 0.25) is 5.02 Å². The summed E-state index contributed by atoms with van der Waals surface area (Å²) in [5.74, 6) is 0.466. The van der Waals surface area contributed by atoms with E-state index >= 15 is 0 Å². The highest BCUT2D eigenvalue weighted by Gasteiger charge is 2.33. The maximum atomic E-state index is 13.4. The number of nitrogens with zero attached hydrogens (tertiary/aromatic N) is 2. The summed E-state index contributed by atoms with van der Waals surface area (Å²) in [6.45, 7) is 0.482. The van der Waals surface area contributed by atoms with Crippen LogP contribution in [0.25, 0.3) is 0 Å². The van der Waals surface area contributed by atoms with Crippen LogP contribution in [0.5, 0.6) is 0 Å². The third-order valence-corrected chi connectivity index (χ3v) is 3.74. The predicted octanol–water partition coefficient (Wildman–Crippen LogP) is 3.19. The van der Waals surface area contributed by atoms with Crippen LogP contribution in [0.15, 0.2) is 42.6 Å². The van der Waals surface area contributed by atoms with Gasteiger partial charge in [0.2, 0.25) is 0 Å². The van der Waals surface area contributed by atoms with E-state index in [-0.39, 0.29) is 11.9 Å². The van der Waals surface area contributed by atoms with E-state index in [1.807, 2.05) is 17.0 Å². The summed E-state index contributed by atoms with van der Waals surface area (Å²) in [4.78, 5) is 6.26. The quantitative estimate of drug-likeness (QED) is 0.923. The second-order valence-corrected chi connectivity index (χ2v) is 5.38. The van der Waals surface area contributed by atoms with Crippen LogP contribution in [0.3, 0.4) is 0 Å². The highest BCUT2D eigenvalue weighted by Crippen LogP contribution is 2.35. The van der Waals surface area contributed by atoms with E-state index in [1.165, 1.54) is 12.1 Å². The van der Waals surface area contributed by atoms with Crippen molar-refractivity contribution >= 4 is 17.4 Å². The van der Waals surface area contributed by atoms with Crippen molar-refractivity contribution in [3.05, 3.63) is 59.0 Å².